The predicted molar refractivity (Wildman–Crippen MR) is 130 cm³/mol. The fraction of sp³-hybridized carbons (Fsp3) is 0.304. The third kappa shape index (κ3) is 7.16. The van der Waals surface area contributed by atoms with Gasteiger partial charge in [-0.3, -0.25) is 4.79 Å². The van der Waals surface area contributed by atoms with Crippen molar-refractivity contribution in [3.05, 3.63) is 57.7 Å². The molecule has 7 nitrogen and oxygen atoms in total. The zero-order valence-corrected chi connectivity index (χ0v) is 20.1. The van der Waals surface area contributed by atoms with Crippen molar-refractivity contribution in [1.29, 1.82) is 0 Å². The highest BCUT2D eigenvalue weighted by Crippen LogP contribution is 2.34. The highest BCUT2D eigenvalue weighted by Gasteiger charge is 2.12. The molecular formula is C23H27IN2O5. The third-order valence-corrected chi connectivity index (χ3v) is 4.75. The van der Waals surface area contributed by atoms with Crippen LogP contribution in [0.3, 0.4) is 0 Å². The molecule has 0 aromatic heterocycles. The number of rotatable bonds is 12. The normalized spacial score (nSPS) is 10.6. The minimum atomic E-state index is -0.359. The van der Waals surface area contributed by atoms with Crippen LogP contribution in [-0.4, -0.2) is 39.1 Å². The zero-order valence-electron chi connectivity index (χ0n) is 17.9. The van der Waals surface area contributed by atoms with E-state index < -0.39 is 0 Å². The van der Waals surface area contributed by atoms with E-state index in [2.05, 4.69) is 39.7 Å². The van der Waals surface area contributed by atoms with Crippen molar-refractivity contribution in [2.24, 2.45) is 5.10 Å². The number of ether oxygens (including phenoxy) is 4. The summed E-state index contributed by atoms with van der Waals surface area (Å²) < 4.78 is 23.2. The highest BCUT2D eigenvalue weighted by molar-refractivity contribution is 14.1. The first-order valence-electron chi connectivity index (χ1n) is 9.88. The molecule has 0 radical (unpaired) electrons. The quantitative estimate of drug-likeness (QED) is 0.182. The van der Waals surface area contributed by atoms with E-state index in [0.717, 1.165) is 15.6 Å². The van der Waals surface area contributed by atoms with Crippen LogP contribution < -0.4 is 24.4 Å². The van der Waals surface area contributed by atoms with Gasteiger partial charge < -0.3 is 18.9 Å². The van der Waals surface area contributed by atoms with E-state index in [0.29, 0.717) is 48.4 Å². The number of nitrogens with one attached hydrogen (secondary N) is 1. The van der Waals surface area contributed by atoms with E-state index in [-0.39, 0.29) is 5.91 Å². The Morgan fingerprint density at radius 2 is 1.94 bits per heavy atom. The van der Waals surface area contributed by atoms with E-state index in [9.17, 15) is 4.79 Å². The molecule has 0 atom stereocenters. The lowest BCUT2D eigenvalue weighted by atomic mass is 10.2. The number of hydrazone groups is 1. The van der Waals surface area contributed by atoms with E-state index in [4.69, 9.17) is 18.9 Å². The van der Waals surface area contributed by atoms with Gasteiger partial charge in [-0.05, 0) is 71.8 Å². The Hall–Kier alpha value is -2.75. The molecule has 0 saturated carbocycles. The Morgan fingerprint density at radius 1 is 1.13 bits per heavy atom. The van der Waals surface area contributed by atoms with Crippen LogP contribution in [0.15, 0.2) is 48.1 Å². The molecule has 31 heavy (non-hydrogen) atoms. The van der Waals surface area contributed by atoms with Crippen molar-refractivity contribution in [2.45, 2.75) is 20.3 Å². The van der Waals surface area contributed by atoms with E-state index >= 15 is 0 Å². The molecule has 166 valence electrons. The number of methoxy groups -OCH3 is 1. The van der Waals surface area contributed by atoms with E-state index in [1.165, 1.54) is 7.11 Å². The molecule has 1 amide bonds. The van der Waals surface area contributed by atoms with Crippen molar-refractivity contribution in [2.75, 3.05) is 26.9 Å². The van der Waals surface area contributed by atoms with Crippen LogP contribution in [0.2, 0.25) is 0 Å². The number of hydrogen-bond donors (Lipinski definition) is 1. The molecule has 0 bridgehead atoms. The summed E-state index contributed by atoms with van der Waals surface area (Å²) in [6, 6.07) is 8.70. The molecule has 0 aliphatic rings. The second-order valence-corrected chi connectivity index (χ2v) is 7.44. The maximum Gasteiger partial charge on any atom is 0.271 e. The van der Waals surface area contributed by atoms with E-state index in [1.807, 2.05) is 26.0 Å². The number of nitrogens with zero attached hydrogens (tertiary/aromatic N) is 1. The third-order valence-electron chi connectivity index (χ3n) is 3.94. The van der Waals surface area contributed by atoms with Crippen molar-refractivity contribution in [3.63, 3.8) is 0 Å². The standard InChI is InChI=1S/C23H27IN2O5/c1-5-10-30-19-9-8-17(14-20(19)28-4)23(27)26-25-15-16-12-18(24)22(31-11-6-2)21(13-16)29-7-3/h6,8-9,12-15H,2,5,7,10-11H2,1,3-4H3,(H,26,27)/b25-15+. The van der Waals surface area contributed by atoms with Gasteiger partial charge in [0.25, 0.3) is 5.91 Å². The molecule has 0 heterocycles. The van der Waals surface area contributed by atoms with Crippen LogP contribution >= 0.6 is 22.6 Å². The first kappa shape index (κ1) is 24.5. The van der Waals surface area contributed by atoms with Crippen LogP contribution in [-0.2, 0) is 0 Å². The maximum absolute atomic E-state index is 12.5. The summed E-state index contributed by atoms with van der Waals surface area (Å²) in [7, 11) is 1.54. The maximum atomic E-state index is 12.5. The Bertz CT molecular complexity index is 930. The summed E-state index contributed by atoms with van der Waals surface area (Å²) in [6.45, 7) is 9.04. The van der Waals surface area contributed by atoms with Crippen LogP contribution in [0.1, 0.15) is 36.2 Å². The monoisotopic (exact) mass is 538 g/mol. The van der Waals surface area contributed by atoms with Crippen molar-refractivity contribution >= 4 is 34.7 Å². The number of carbonyl (C=O) groups excluding carboxylic acids is 1. The van der Waals surface area contributed by atoms with Gasteiger partial charge in [0, 0.05) is 5.56 Å². The molecule has 2 rings (SSSR count). The number of amides is 1. The fourth-order valence-corrected chi connectivity index (χ4v) is 3.36. The number of hydrogen-bond acceptors (Lipinski definition) is 6. The van der Waals surface area contributed by atoms with E-state index in [1.54, 1.807) is 30.5 Å². The topological polar surface area (TPSA) is 78.4 Å². The van der Waals surface area contributed by atoms with Gasteiger partial charge in [0.2, 0.25) is 0 Å². The summed E-state index contributed by atoms with van der Waals surface area (Å²) in [5, 5.41) is 4.07. The largest absolute Gasteiger partial charge is 0.493 e. The molecular weight excluding hydrogens is 511 g/mol. The minimum Gasteiger partial charge on any atom is -0.493 e. The Labute approximate surface area is 196 Å². The van der Waals surface area contributed by atoms with Crippen LogP contribution in [0.25, 0.3) is 0 Å². The molecule has 0 aliphatic heterocycles. The summed E-state index contributed by atoms with van der Waals surface area (Å²) in [4.78, 5) is 12.5. The average molecular weight is 538 g/mol. The molecule has 0 fully saturated rings. The second kappa shape index (κ2) is 12.8. The van der Waals surface area contributed by atoms with Gasteiger partial charge in [-0.25, -0.2) is 5.43 Å². The first-order valence-corrected chi connectivity index (χ1v) is 11.0. The number of carbonyl (C=O) groups is 1. The SMILES string of the molecule is C=CCOc1c(I)cc(/C=N/NC(=O)c2ccc(OCCC)c(OC)c2)cc1OCC. The Morgan fingerprint density at radius 3 is 2.61 bits per heavy atom. The van der Waals surface area contributed by atoms with Gasteiger partial charge in [-0.1, -0.05) is 19.6 Å². The smallest absolute Gasteiger partial charge is 0.271 e. The first-order chi connectivity index (χ1) is 15.0. The van der Waals surface area contributed by atoms with Crippen LogP contribution in [0, 0.1) is 3.57 Å². The fourth-order valence-electron chi connectivity index (χ4n) is 2.58. The van der Waals surface area contributed by atoms with Gasteiger partial charge in [0.15, 0.2) is 23.0 Å². The Kier molecular flexibility index (Phi) is 10.2. The van der Waals surface area contributed by atoms with Crippen LogP contribution in [0.4, 0.5) is 0 Å². The second-order valence-electron chi connectivity index (χ2n) is 6.28. The molecule has 2 aromatic rings. The molecule has 0 saturated heterocycles. The van der Waals surface area contributed by atoms with Crippen molar-refractivity contribution in [3.8, 4) is 23.0 Å². The van der Waals surface area contributed by atoms with Gasteiger partial charge in [0.05, 0.1) is 30.1 Å². The Balaban J connectivity index is 2.12. The number of halogens is 1. The molecule has 0 unspecified atom stereocenters. The molecule has 1 N–H and O–H groups in total. The zero-order chi connectivity index (χ0) is 22.6. The lowest BCUT2D eigenvalue weighted by Crippen LogP contribution is -2.17. The van der Waals surface area contributed by atoms with Gasteiger partial charge >= 0.3 is 0 Å². The summed E-state index contributed by atoms with van der Waals surface area (Å²) in [5.74, 6) is 2.00. The van der Waals surface area contributed by atoms with Gasteiger partial charge in [-0.2, -0.15) is 5.10 Å². The van der Waals surface area contributed by atoms with Crippen molar-refractivity contribution < 1.29 is 23.7 Å². The molecule has 0 aliphatic carbocycles. The molecule has 0 spiro atoms. The lowest BCUT2D eigenvalue weighted by molar-refractivity contribution is 0.0954. The summed E-state index contributed by atoms with van der Waals surface area (Å²) >= 11 is 2.17. The minimum absolute atomic E-state index is 0.359. The predicted octanol–water partition coefficient (Wildman–Crippen LogP) is 4.82. The lowest BCUT2D eigenvalue weighted by Gasteiger charge is -2.13. The number of benzene rings is 2. The van der Waals surface area contributed by atoms with Crippen molar-refractivity contribution in [1.82, 2.24) is 5.43 Å². The van der Waals surface area contributed by atoms with Gasteiger partial charge in [-0.15, -0.1) is 0 Å². The molecule has 2 aromatic carbocycles. The summed E-state index contributed by atoms with van der Waals surface area (Å²) in [5.41, 5.74) is 3.70. The average Bonchev–Trinajstić information content (AvgIpc) is 2.77. The molecule has 8 heteroatoms. The highest BCUT2D eigenvalue weighted by atomic mass is 127. The van der Waals surface area contributed by atoms with Gasteiger partial charge in [0.1, 0.15) is 6.61 Å². The summed E-state index contributed by atoms with van der Waals surface area (Å²) in [6.07, 6.45) is 4.11. The van der Waals surface area contributed by atoms with Crippen LogP contribution in [0.5, 0.6) is 23.0 Å².